The average Bonchev–Trinajstić information content (AvgIpc) is 3.04. The molecule has 2 heterocycles. The summed E-state index contributed by atoms with van der Waals surface area (Å²) in [6.45, 7) is 1.17. The largest absolute Gasteiger partial charge is 0.413 e. The molecule has 24 heavy (non-hydrogen) atoms. The highest BCUT2D eigenvalue weighted by atomic mass is 32.2. The van der Waals surface area contributed by atoms with Crippen LogP contribution in [0.15, 0.2) is 28.7 Å². The lowest BCUT2D eigenvalue weighted by Gasteiger charge is -2.13. The van der Waals surface area contributed by atoms with Crippen molar-refractivity contribution in [2.24, 2.45) is 0 Å². The second-order valence-electron chi connectivity index (χ2n) is 6.22. The van der Waals surface area contributed by atoms with Crippen LogP contribution >= 0.6 is 12.2 Å². The van der Waals surface area contributed by atoms with Gasteiger partial charge in [-0.25, -0.2) is 12.8 Å². The SMILES string of the molecule is C[NH+](Cc1ccc(F)cc1)Cn1nc([C@@H]2CCS(=O)(=O)C2)oc1=S. The van der Waals surface area contributed by atoms with Crippen molar-refractivity contribution in [3.63, 3.8) is 0 Å². The van der Waals surface area contributed by atoms with Crippen LogP contribution in [0.2, 0.25) is 0 Å². The second-order valence-corrected chi connectivity index (χ2v) is 8.80. The molecule has 1 fully saturated rings. The summed E-state index contributed by atoms with van der Waals surface area (Å²) in [5, 5.41) is 4.35. The van der Waals surface area contributed by atoms with E-state index < -0.39 is 9.84 Å². The number of benzene rings is 1. The molecule has 1 aliphatic rings. The Bertz CT molecular complexity index is 874. The van der Waals surface area contributed by atoms with Crippen LogP contribution in [0.1, 0.15) is 23.8 Å². The maximum atomic E-state index is 12.9. The molecule has 3 rings (SSSR count). The van der Waals surface area contributed by atoms with Gasteiger partial charge in [0.25, 0.3) is 4.84 Å². The minimum Gasteiger partial charge on any atom is -0.413 e. The van der Waals surface area contributed by atoms with Gasteiger partial charge in [0, 0.05) is 5.56 Å². The predicted molar refractivity (Wildman–Crippen MR) is 88.3 cm³/mol. The maximum Gasteiger partial charge on any atom is 0.291 e. The molecule has 2 atom stereocenters. The van der Waals surface area contributed by atoms with Crippen molar-refractivity contribution in [3.05, 3.63) is 46.4 Å². The zero-order valence-electron chi connectivity index (χ0n) is 13.2. The van der Waals surface area contributed by atoms with Gasteiger partial charge >= 0.3 is 0 Å². The van der Waals surface area contributed by atoms with Gasteiger partial charge < -0.3 is 9.32 Å². The highest BCUT2D eigenvalue weighted by Gasteiger charge is 2.32. The van der Waals surface area contributed by atoms with Crippen LogP contribution in [-0.2, 0) is 23.1 Å². The van der Waals surface area contributed by atoms with Crippen molar-refractivity contribution in [3.8, 4) is 0 Å². The minimum absolute atomic E-state index is 0.0700. The summed E-state index contributed by atoms with van der Waals surface area (Å²) >= 11 is 5.19. The third kappa shape index (κ3) is 4.08. The molecule has 1 saturated heterocycles. The summed E-state index contributed by atoms with van der Waals surface area (Å²) < 4.78 is 43.2. The molecule has 1 N–H and O–H groups in total. The van der Waals surface area contributed by atoms with E-state index in [0.717, 1.165) is 10.5 Å². The standard InChI is InChI=1S/C15H18FN3O3S2/c1-18(8-11-2-4-13(16)5-3-11)10-19-15(23)22-14(17-19)12-6-7-24(20,21)9-12/h2-5,12H,6-10H2,1H3/p+1/t12-/m1/s1. The Labute approximate surface area is 144 Å². The average molecular weight is 372 g/mol. The molecule has 0 aliphatic carbocycles. The van der Waals surface area contributed by atoms with Crippen LogP contribution in [0.25, 0.3) is 0 Å². The summed E-state index contributed by atoms with van der Waals surface area (Å²) in [5.41, 5.74) is 1.01. The van der Waals surface area contributed by atoms with Gasteiger partial charge in [0.2, 0.25) is 5.89 Å². The lowest BCUT2D eigenvalue weighted by atomic mass is 10.1. The molecule has 6 nitrogen and oxygen atoms in total. The molecule has 0 amide bonds. The number of hydrogen-bond donors (Lipinski definition) is 1. The summed E-state index contributed by atoms with van der Waals surface area (Å²) in [7, 11) is -1.02. The molecule has 1 unspecified atom stereocenters. The second kappa shape index (κ2) is 6.73. The summed E-state index contributed by atoms with van der Waals surface area (Å²) in [5.74, 6) is 0.167. The van der Waals surface area contributed by atoms with Crippen molar-refractivity contribution >= 4 is 22.1 Å². The van der Waals surface area contributed by atoms with E-state index in [1.165, 1.54) is 12.1 Å². The third-order valence-corrected chi connectivity index (χ3v) is 6.10. The quantitative estimate of drug-likeness (QED) is 0.791. The van der Waals surface area contributed by atoms with E-state index in [1.54, 1.807) is 16.8 Å². The summed E-state index contributed by atoms with van der Waals surface area (Å²) in [6.07, 6.45) is 0.524. The Hall–Kier alpha value is -1.58. The molecule has 1 aromatic carbocycles. The molecule has 1 aromatic heterocycles. The van der Waals surface area contributed by atoms with Crippen LogP contribution in [0.3, 0.4) is 0 Å². The predicted octanol–water partition coefficient (Wildman–Crippen LogP) is 0.919. The van der Waals surface area contributed by atoms with E-state index in [1.807, 2.05) is 7.05 Å². The van der Waals surface area contributed by atoms with Crippen LogP contribution in [0.4, 0.5) is 4.39 Å². The van der Waals surface area contributed by atoms with Gasteiger partial charge in [0.1, 0.15) is 12.4 Å². The molecule has 2 aromatic rings. The smallest absolute Gasteiger partial charge is 0.291 e. The Morgan fingerprint density at radius 1 is 1.42 bits per heavy atom. The van der Waals surface area contributed by atoms with Crippen molar-refractivity contribution in [2.75, 3.05) is 18.6 Å². The Kier molecular flexibility index (Phi) is 4.84. The minimum atomic E-state index is -2.99. The summed E-state index contributed by atoms with van der Waals surface area (Å²) in [6, 6.07) is 6.36. The number of nitrogens with one attached hydrogen (secondary N) is 1. The number of sulfone groups is 1. The fourth-order valence-electron chi connectivity index (χ4n) is 2.84. The van der Waals surface area contributed by atoms with Crippen molar-refractivity contribution in [2.45, 2.75) is 25.6 Å². The highest BCUT2D eigenvalue weighted by molar-refractivity contribution is 7.91. The normalized spacial score (nSPS) is 21.0. The van der Waals surface area contributed by atoms with Gasteiger partial charge in [0.15, 0.2) is 16.5 Å². The first-order chi connectivity index (χ1) is 11.3. The van der Waals surface area contributed by atoms with Crippen molar-refractivity contribution in [1.29, 1.82) is 0 Å². The Balaban J connectivity index is 1.67. The number of hydrogen-bond acceptors (Lipinski definition) is 5. The fraction of sp³-hybridized carbons (Fsp3) is 0.467. The van der Waals surface area contributed by atoms with E-state index in [4.69, 9.17) is 16.6 Å². The monoisotopic (exact) mass is 372 g/mol. The number of nitrogens with zero attached hydrogens (tertiary/aromatic N) is 2. The zero-order chi connectivity index (χ0) is 17.3. The molecule has 0 bridgehead atoms. The van der Waals surface area contributed by atoms with E-state index in [0.29, 0.717) is 25.5 Å². The Morgan fingerprint density at radius 2 is 2.12 bits per heavy atom. The van der Waals surface area contributed by atoms with E-state index in [9.17, 15) is 12.8 Å². The molecule has 0 saturated carbocycles. The molecule has 0 radical (unpaired) electrons. The van der Waals surface area contributed by atoms with E-state index >= 15 is 0 Å². The summed E-state index contributed by atoms with van der Waals surface area (Å²) in [4.78, 5) is 1.34. The zero-order valence-corrected chi connectivity index (χ0v) is 14.9. The lowest BCUT2D eigenvalue weighted by molar-refractivity contribution is -0.917. The van der Waals surface area contributed by atoms with E-state index in [2.05, 4.69) is 5.10 Å². The fourth-order valence-corrected chi connectivity index (χ4v) is 4.76. The number of quaternary nitrogens is 1. The first-order valence-electron chi connectivity index (χ1n) is 7.66. The first-order valence-corrected chi connectivity index (χ1v) is 9.89. The number of rotatable bonds is 5. The van der Waals surface area contributed by atoms with Gasteiger partial charge in [-0.1, -0.05) is 12.1 Å². The molecule has 0 spiro atoms. The van der Waals surface area contributed by atoms with Crippen molar-refractivity contribution < 1.29 is 22.1 Å². The van der Waals surface area contributed by atoms with Crippen LogP contribution in [0.5, 0.6) is 0 Å². The molecular formula is C15H19FN3O3S2+. The molecule has 1 aliphatic heterocycles. The van der Waals surface area contributed by atoms with E-state index in [-0.39, 0.29) is 28.1 Å². The van der Waals surface area contributed by atoms with Gasteiger partial charge in [-0.2, -0.15) is 4.68 Å². The third-order valence-electron chi connectivity index (χ3n) is 4.04. The van der Waals surface area contributed by atoms with Gasteiger partial charge in [-0.15, -0.1) is 5.10 Å². The van der Waals surface area contributed by atoms with Gasteiger partial charge in [-0.05, 0) is 30.8 Å². The maximum absolute atomic E-state index is 12.9. The van der Waals surface area contributed by atoms with Crippen LogP contribution in [-0.4, -0.2) is 36.8 Å². The Morgan fingerprint density at radius 3 is 2.75 bits per heavy atom. The van der Waals surface area contributed by atoms with Gasteiger partial charge in [-0.3, -0.25) is 0 Å². The molecule has 9 heteroatoms. The highest BCUT2D eigenvalue weighted by Crippen LogP contribution is 2.27. The molecular weight excluding hydrogens is 353 g/mol. The number of aromatic nitrogens is 2. The molecule has 130 valence electrons. The first kappa shape index (κ1) is 17.2. The van der Waals surface area contributed by atoms with Gasteiger partial charge in [0.05, 0.1) is 24.5 Å². The lowest BCUT2D eigenvalue weighted by Crippen LogP contribution is -3.07. The number of halogens is 1. The van der Waals surface area contributed by atoms with Crippen LogP contribution in [0, 0.1) is 10.7 Å². The van der Waals surface area contributed by atoms with Crippen molar-refractivity contribution in [1.82, 2.24) is 9.78 Å². The topological polar surface area (TPSA) is 69.5 Å². The van der Waals surface area contributed by atoms with Crippen LogP contribution < -0.4 is 4.90 Å².